The van der Waals surface area contributed by atoms with Gasteiger partial charge in [-0.2, -0.15) is 0 Å². The van der Waals surface area contributed by atoms with Crippen molar-refractivity contribution in [2.24, 2.45) is 5.92 Å². The van der Waals surface area contributed by atoms with Crippen molar-refractivity contribution in [2.75, 3.05) is 13.7 Å². The molecule has 1 fully saturated rings. The molecular formula is C15H22ClNO. The summed E-state index contributed by atoms with van der Waals surface area (Å²) in [6.45, 7) is 5.06. The largest absolute Gasteiger partial charge is 0.377 e. The summed E-state index contributed by atoms with van der Waals surface area (Å²) in [6, 6.07) is 8.61. The van der Waals surface area contributed by atoms with Gasteiger partial charge in [0.15, 0.2) is 0 Å². The summed E-state index contributed by atoms with van der Waals surface area (Å²) in [5.41, 5.74) is 1.20. The first-order chi connectivity index (χ1) is 8.52. The van der Waals surface area contributed by atoms with Crippen molar-refractivity contribution in [3.05, 3.63) is 34.9 Å². The van der Waals surface area contributed by atoms with Crippen LogP contribution in [0.2, 0.25) is 5.02 Å². The van der Waals surface area contributed by atoms with Crippen molar-refractivity contribution in [3.8, 4) is 0 Å². The molecule has 0 radical (unpaired) electrons. The maximum Gasteiger partial charge on any atom is 0.0746 e. The van der Waals surface area contributed by atoms with Gasteiger partial charge < -0.3 is 10.1 Å². The summed E-state index contributed by atoms with van der Waals surface area (Å²) in [4.78, 5) is 0. The molecule has 1 aromatic rings. The highest BCUT2D eigenvalue weighted by Crippen LogP contribution is 2.41. The Morgan fingerprint density at radius 2 is 1.94 bits per heavy atom. The molecule has 0 spiro atoms. The smallest absolute Gasteiger partial charge is 0.0746 e. The SMILES string of the molecule is COC(C)(C)CNC(c1ccc(Cl)cc1)C1CC1. The normalized spacial score (nSPS) is 17.8. The van der Waals surface area contributed by atoms with Crippen molar-refractivity contribution in [3.63, 3.8) is 0 Å². The lowest BCUT2D eigenvalue weighted by Crippen LogP contribution is -2.39. The van der Waals surface area contributed by atoms with Crippen LogP contribution in [-0.4, -0.2) is 19.3 Å². The fraction of sp³-hybridized carbons (Fsp3) is 0.600. The van der Waals surface area contributed by atoms with Gasteiger partial charge in [0.25, 0.3) is 0 Å². The maximum atomic E-state index is 5.94. The van der Waals surface area contributed by atoms with E-state index in [-0.39, 0.29) is 5.60 Å². The molecule has 0 aliphatic heterocycles. The summed E-state index contributed by atoms with van der Waals surface area (Å²) in [6.07, 6.45) is 2.63. The van der Waals surface area contributed by atoms with Crippen molar-refractivity contribution >= 4 is 11.6 Å². The fourth-order valence-electron chi connectivity index (χ4n) is 2.08. The standard InChI is InChI=1S/C15H22ClNO/c1-15(2,18-3)10-17-14(11-4-5-11)12-6-8-13(16)9-7-12/h6-9,11,14,17H,4-5,10H2,1-3H3. The van der Waals surface area contributed by atoms with E-state index in [1.54, 1.807) is 7.11 Å². The second-order valence-electron chi connectivity index (χ2n) is 5.71. The molecule has 0 bridgehead atoms. The number of nitrogens with one attached hydrogen (secondary N) is 1. The molecule has 1 saturated carbocycles. The Hall–Kier alpha value is -0.570. The van der Waals surface area contributed by atoms with Crippen LogP contribution in [0.15, 0.2) is 24.3 Å². The van der Waals surface area contributed by atoms with Gasteiger partial charge in [-0.05, 0) is 50.3 Å². The number of rotatable bonds is 6. The second kappa shape index (κ2) is 5.60. The summed E-state index contributed by atoms with van der Waals surface area (Å²) in [7, 11) is 1.76. The van der Waals surface area contributed by atoms with E-state index >= 15 is 0 Å². The van der Waals surface area contributed by atoms with E-state index in [1.165, 1.54) is 18.4 Å². The van der Waals surface area contributed by atoms with Crippen LogP contribution in [0.3, 0.4) is 0 Å². The molecule has 3 heteroatoms. The third-order valence-corrected chi connectivity index (χ3v) is 3.87. The van der Waals surface area contributed by atoms with Crippen LogP contribution in [0.4, 0.5) is 0 Å². The van der Waals surface area contributed by atoms with Gasteiger partial charge in [0.2, 0.25) is 0 Å². The third kappa shape index (κ3) is 3.71. The number of halogens is 1. The fourth-order valence-corrected chi connectivity index (χ4v) is 2.21. The lowest BCUT2D eigenvalue weighted by Gasteiger charge is -2.27. The van der Waals surface area contributed by atoms with Crippen molar-refractivity contribution < 1.29 is 4.74 Å². The quantitative estimate of drug-likeness (QED) is 0.846. The Morgan fingerprint density at radius 3 is 2.44 bits per heavy atom. The Morgan fingerprint density at radius 1 is 1.33 bits per heavy atom. The Kier molecular flexibility index (Phi) is 4.31. The zero-order chi connectivity index (χ0) is 13.2. The zero-order valence-electron chi connectivity index (χ0n) is 11.4. The van der Waals surface area contributed by atoms with E-state index in [1.807, 2.05) is 12.1 Å². The number of benzene rings is 1. The first-order valence-corrected chi connectivity index (χ1v) is 6.93. The first kappa shape index (κ1) is 13.9. The maximum absolute atomic E-state index is 5.94. The predicted octanol–water partition coefficient (Wildman–Crippen LogP) is 3.81. The number of hydrogen-bond donors (Lipinski definition) is 1. The van der Waals surface area contributed by atoms with E-state index in [4.69, 9.17) is 16.3 Å². The minimum absolute atomic E-state index is 0.125. The molecule has 0 heterocycles. The molecule has 2 rings (SSSR count). The van der Waals surface area contributed by atoms with Crippen LogP contribution in [0, 0.1) is 5.92 Å². The summed E-state index contributed by atoms with van der Waals surface area (Å²) >= 11 is 5.94. The number of hydrogen-bond acceptors (Lipinski definition) is 2. The summed E-state index contributed by atoms with van der Waals surface area (Å²) < 4.78 is 5.46. The van der Waals surface area contributed by atoms with Crippen molar-refractivity contribution in [1.82, 2.24) is 5.32 Å². The predicted molar refractivity (Wildman–Crippen MR) is 76.0 cm³/mol. The topological polar surface area (TPSA) is 21.3 Å². The minimum Gasteiger partial charge on any atom is -0.377 e. The molecule has 1 aromatic carbocycles. The van der Waals surface area contributed by atoms with Crippen LogP contribution < -0.4 is 5.32 Å². The van der Waals surface area contributed by atoms with E-state index in [0.717, 1.165) is 17.5 Å². The molecular weight excluding hydrogens is 246 g/mol. The van der Waals surface area contributed by atoms with Gasteiger partial charge in [-0.1, -0.05) is 23.7 Å². The van der Waals surface area contributed by atoms with Crippen LogP contribution in [0.1, 0.15) is 38.3 Å². The Bertz CT molecular complexity index is 384. The van der Waals surface area contributed by atoms with Gasteiger partial charge >= 0.3 is 0 Å². The van der Waals surface area contributed by atoms with Crippen LogP contribution >= 0.6 is 11.6 Å². The van der Waals surface area contributed by atoms with Gasteiger partial charge in [-0.25, -0.2) is 0 Å². The molecule has 0 amide bonds. The minimum atomic E-state index is -0.125. The average Bonchev–Trinajstić information content (AvgIpc) is 3.16. The molecule has 1 unspecified atom stereocenters. The molecule has 1 N–H and O–H groups in total. The summed E-state index contributed by atoms with van der Waals surface area (Å²) in [5.74, 6) is 0.763. The first-order valence-electron chi connectivity index (χ1n) is 6.56. The van der Waals surface area contributed by atoms with Crippen molar-refractivity contribution in [1.29, 1.82) is 0 Å². The number of methoxy groups -OCH3 is 1. The molecule has 0 aromatic heterocycles. The molecule has 18 heavy (non-hydrogen) atoms. The molecule has 1 atom stereocenters. The molecule has 1 aliphatic rings. The number of ether oxygens (including phenoxy) is 1. The van der Waals surface area contributed by atoms with Crippen LogP contribution in [0.25, 0.3) is 0 Å². The van der Waals surface area contributed by atoms with Gasteiger partial charge in [-0.15, -0.1) is 0 Å². The highest BCUT2D eigenvalue weighted by molar-refractivity contribution is 6.30. The molecule has 1 aliphatic carbocycles. The monoisotopic (exact) mass is 267 g/mol. The van der Waals surface area contributed by atoms with Gasteiger partial charge in [0.05, 0.1) is 5.60 Å². The molecule has 100 valence electrons. The molecule has 0 saturated heterocycles. The van der Waals surface area contributed by atoms with E-state index < -0.39 is 0 Å². The lowest BCUT2D eigenvalue weighted by molar-refractivity contribution is 0.0204. The van der Waals surface area contributed by atoms with Gasteiger partial charge in [0.1, 0.15) is 0 Å². The van der Waals surface area contributed by atoms with E-state index in [0.29, 0.717) is 6.04 Å². The molecule has 2 nitrogen and oxygen atoms in total. The highest BCUT2D eigenvalue weighted by Gasteiger charge is 2.33. The summed E-state index contributed by atoms with van der Waals surface area (Å²) in [5, 5.41) is 4.44. The van der Waals surface area contributed by atoms with E-state index in [2.05, 4.69) is 31.3 Å². The zero-order valence-corrected chi connectivity index (χ0v) is 12.1. The lowest BCUT2D eigenvalue weighted by atomic mass is 10.0. The second-order valence-corrected chi connectivity index (χ2v) is 6.15. The van der Waals surface area contributed by atoms with Gasteiger partial charge in [-0.3, -0.25) is 0 Å². The van der Waals surface area contributed by atoms with Crippen LogP contribution in [0.5, 0.6) is 0 Å². The Labute approximate surface area is 115 Å². The average molecular weight is 268 g/mol. The van der Waals surface area contributed by atoms with E-state index in [9.17, 15) is 0 Å². The third-order valence-electron chi connectivity index (χ3n) is 3.62. The van der Waals surface area contributed by atoms with Crippen molar-refractivity contribution in [2.45, 2.75) is 38.3 Å². The highest BCUT2D eigenvalue weighted by atomic mass is 35.5. The Balaban J connectivity index is 2.02. The van der Waals surface area contributed by atoms with Crippen LogP contribution in [-0.2, 0) is 4.74 Å². The van der Waals surface area contributed by atoms with Gasteiger partial charge in [0, 0.05) is 24.7 Å².